The first-order chi connectivity index (χ1) is 12.8. The van der Waals surface area contributed by atoms with Gasteiger partial charge in [0.1, 0.15) is 11.4 Å². The topological polar surface area (TPSA) is 108 Å². The van der Waals surface area contributed by atoms with Gasteiger partial charge in [-0.1, -0.05) is 0 Å². The van der Waals surface area contributed by atoms with Gasteiger partial charge in [0.25, 0.3) is 0 Å². The number of anilines is 1. The molecule has 0 bridgehead atoms. The van der Waals surface area contributed by atoms with Crippen LogP contribution in [0.4, 0.5) is 10.1 Å². The zero-order chi connectivity index (χ0) is 19.5. The summed E-state index contributed by atoms with van der Waals surface area (Å²) in [5.41, 5.74) is -0.937. The highest BCUT2D eigenvalue weighted by Crippen LogP contribution is 2.53. The molecule has 9 heteroatoms. The molecule has 144 valence electrons. The lowest BCUT2D eigenvalue weighted by molar-refractivity contribution is -0.143. The highest BCUT2D eigenvalue weighted by atomic mass is 19.1. The van der Waals surface area contributed by atoms with Gasteiger partial charge in [0.15, 0.2) is 0 Å². The molecule has 1 spiro atoms. The Morgan fingerprint density at radius 3 is 2.74 bits per heavy atom. The van der Waals surface area contributed by atoms with Crippen LogP contribution in [0, 0.1) is 17.7 Å². The van der Waals surface area contributed by atoms with Gasteiger partial charge < -0.3 is 15.2 Å². The summed E-state index contributed by atoms with van der Waals surface area (Å²) in [7, 11) is 1.46. The summed E-state index contributed by atoms with van der Waals surface area (Å²) >= 11 is 0. The molecule has 4 rings (SSSR count). The summed E-state index contributed by atoms with van der Waals surface area (Å²) in [6.45, 7) is 1.71. The number of hydrogen-bond acceptors (Lipinski definition) is 6. The number of halogens is 1. The minimum absolute atomic E-state index is 0.0569. The molecule has 2 fully saturated rings. The molecule has 0 saturated carbocycles. The predicted octanol–water partition coefficient (Wildman–Crippen LogP) is -0.427. The third-order valence-electron chi connectivity index (χ3n) is 5.74. The van der Waals surface area contributed by atoms with Crippen molar-refractivity contribution < 1.29 is 28.6 Å². The highest BCUT2D eigenvalue weighted by molar-refractivity contribution is 6.15. The molecule has 3 aliphatic rings. The van der Waals surface area contributed by atoms with E-state index in [0.717, 1.165) is 4.90 Å². The number of carbonyl (C=O) groups excluding carboxylic acids is 3. The van der Waals surface area contributed by atoms with Gasteiger partial charge in [0, 0.05) is 24.4 Å². The van der Waals surface area contributed by atoms with Gasteiger partial charge in [-0.25, -0.2) is 4.39 Å². The lowest BCUT2D eigenvalue weighted by Crippen LogP contribution is -2.55. The molecule has 2 saturated heterocycles. The Labute approximate surface area is 154 Å². The van der Waals surface area contributed by atoms with E-state index in [1.807, 2.05) is 0 Å². The van der Waals surface area contributed by atoms with Gasteiger partial charge in [0.2, 0.25) is 17.7 Å². The molecule has 1 aromatic rings. The van der Waals surface area contributed by atoms with Crippen molar-refractivity contribution in [2.24, 2.45) is 11.8 Å². The Bertz CT molecular complexity index is 844. The SMILES string of the molecule is COCCN1C(=O)[C@H]2C(C(C)O)NC3(C(=O)Nc4ccc(F)cc43)[C@H]2C1=O. The molecule has 5 atom stereocenters. The predicted molar refractivity (Wildman–Crippen MR) is 90.9 cm³/mol. The van der Waals surface area contributed by atoms with Crippen molar-refractivity contribution >= 4 is 23.4 Å². The van der Waals surface area contributed by atoms with Crippen LogP contribution < -0.4 is 10.6 Å². The number of fused-ring (bicyclic) bond motifs is 4. The van der Waals surface area contributed by atoms with Crippen molar-refractivity contribution in [1.82, 2.24) is 10.2 Å². The number of benzene rings is 1. The first kappa shape index (κ1) is 18.0. The van der Waals surface area contributed by atoms with Crippen LogP contribution in [0.2, 0.25) is 0 Å². The van der Waals surface area contributed by atoms with Crippen LogP contribution in [0.15, 0.2) is 18.2 Å². The number of carbonyl (C=O) groups is 3. The van der Waals surface area contributed by atoms with Crippen LogP contribution in [0.1, 0.15) is 12.5 Å². The standard InChI is InChI=1S/C18H20FN3O5/c1-8(23)14-12-13(16(25)22(15(12)24)5-6-27-2)18(21-14)10-7-9(19)3-4-11(10)20-17(18)26/h3-4,7-8,12-14,21,23H,5-6H2,1-2H3,(H,20,26)/t8?,12-,13-,14?,18?/m1/s1. The van der Waals surface area contributed by atoms with E-state index in [-0.39, 0.29) is 18.7 Å². The molecule has 0 radical (unpaired) electrons. The summed E-state index contributed by atoms with van der Waals surface area (Å²) in [6, 6.07) is 3.01. The van der Waals surface area contributed by atoms with Crippen molar-refractivity contribution in [3.05, 3.63) is 29.6 Å². The van der Waals surface area contributed by atoms with E-state index in [4.69, 9.17) is 4.74 Å². The van der Waals surface area contributed by atoms with E-state index in [9.17, 15) is 23.9 Å². The van der Waals surface area contributed by atoms with Gasteiger partial charge in [0.05, 0.1) is 31.1 Å². The van der Waals surface area contributed by atoms with E-state index < -0.39 is 53.1 Å². The Balaban J connectivity index is 1.86. The number of amides is 3. The van der Waals surface area contributed by atoms with Crippen molar-refractivity contribution in [1.29, 1.82) is 0 Å². The quantitative estimate of drug-likeness (QED) is 0.615. The number of hydrogen-bond donors (Lipinski definition) is 3. The zero-order valence-corrected chi connectivity index (χ0v) is 14.9. The number of rotatable bonds is 4. The van der Waals surface area contributed by atoms with Crippen molar-refractivity contribution in [3.63, 3.8) is 0 Å². The van der Waals surface area contributed by atoms with Crippen LogP contribution in [0.3, 0.4) is 0 Å². The molecule has 3 heterocycles. The van der Waals surface area contributed by atoms with E-state index >= 15 is 0 Å². The minimum atomic E-state index is -1.60. The minimum Gasteiger partial charge on any atom is -0.392 e. The number of aliphatic hydroxyl groups excluding tert-OH is 1. The Morgan fingerprint density at radius 2 is 2.07 bits per heavy atom. The maximum absolute atomic E-state index is 13.9. The van der Waals surface area contributed by atoms with Crippen LogP contribution >= 0.6 is 0 Å². The molecule has 27 heavy (non-hydrogen) atoms. The largest absolute Gasteiger partial charge is 0.392 e. The molecule has 3 aliphatic heterocycles. The molecular weight excluding hydrogens is 357 g/mol. The molecule has 0 aliphatic carbocycles. The normalized spacial score (nSPS) is 32.8. The molecular formula is C18H20FN3O5. The van der Waals surface area contributed by atoms with Crippen LogP contribution in [-0.4, -0.2) is 60.1 Å². The number of nitrogens with zero attached hydrogens (tertiary/aromatic N) is 1. The second kappa shape index (κ2) is 6.08. The second-order valence-corrected chi connectivity index (χ2v) is 7.19. The number of aliphatic hydroxyl groups is 1. The van der Waals surface area contributed by atoms with Crippen LogP contribution in [0.5, 0.6) is 0 Å². The van der Waals surface area contributed by atoms with E-state index in [0.29, 0.717) is 5.69 Å². The van der Waals surface area contributed by atoms with Crippen molar-refractivity contribution in [2.45, 2.75) is 24.6 Å². The summed E-state index contributed by atoms with van der Waals surface area (Å²) in [6.07, 6.45) is -0.999. The first-order valence-electron chi connectivity index (χ1n) is 8.74. The summed E-state index contributed by atoms with van der Waals surface area (Å²) in [4.78, 5) is 40.1. The maximum Gasteiger partial charge on any atom is 0.250 e. The molecule has 1 aromatic carbocycles. The molecule has 0 aromatic heterocycles. The van der Waals surface area contributed by atoms with Gasteiger partial charge in [-0.05, 0) is 25.1 Å². The van der Waals surface area contributed by atoms with E-state index in [2.05, 4.69) is 10.6 Å². The lowest BCUT2D eigenvalue weighted by atomic mass is 9.76. The van der Waals surface area contributed by atoms with Crippen LogP contribution in [-0.2, 0) is 24.7 Å². The second-order valence-electron chi connectivity index (χ2n) is 7.19. The van der Waals surface area contributed by atoms with Crippen molar-refractivity contribution in [2.75, 3.05) is 25.6 Å². The first-order valence-corrected chi connectivity index (χ1v) is 8.74. The zero-order valence-electron chi connectivity index (χ0n) is 14.9. The Morgan fingerprint density at radius 1 is 1.33 bits per heavy atom. The van der Waals surface area contributed by atoms with Gasteiger partial charge in [-0.15, -0.1) is 0 Å². The number of likely N-dealkylation sites (tertiary alicyclic amines) is 1. The molecule has 3 unspecified atom stereocenters. The maximum atomic E-state index is 13.9. The fourth-order valence-corrected chi connectivity index (χ4v) is 4.58. The highest BCUT2D eigenvalue weighted by Gasteiger charge is 2.71. The number of ether oxygens (including phenoxy) is 1. The van der Waals surface area contributed by atoms with Crippen molar-refractivity contribution in [3.8, 4) is 0 Å². The smallest absolute Gasteiger partial charge is 0.250 e. The van der Waals surface area contributed by atoms with Crippen LogP contribution in [0.25, 0.3) is 0 Å². The third-order valence-corrected chi connectivity index (χ3v) is 5.74. The fourth-order valence-electron chi connectivity index (χ4n) is 4.58. The summed E-state index contributed by atoms with van der Waals surface area (Å²) in [5, 5.41) is 15.9. The number of imide groups is 1. The van der Waals surface area contributed by atoms with Gasteiger partial charge in [-0.2, -0.15) is 0 Å². The fraction of sp³-hybridized carbons (Fsp3) is 0.500. The Hall–Kier alpha value is -2.36. The Kier molecular flexibility index (Phi) is 4.06. The number of methoxy groups -OCH3 is 1. The third kappa shape index (κ3) is 2.28. The number of nitrogens with one attached hydrogen (secondary N) is 2. The van der Waals surface area contributed by atoms with Gasteiger partial charge >= 0.3 is 0 Å². The lowest BCUT2D eigenvalue weighted by Gasteiger charge is -2.30. The summed E-state index contributed by atoms with van der Waals surface area (Å²) < 4.78 is 18.9. The van der Waals surface area contributed by atoms with E-state index in [1.165, 1.54) is 32.2 Å². The summed E-state index contributed by atoms with van der Waals surface area (Å²) in [5.74, 6) is -4.06. The van der Waals surface area contributed by atoms with Gasteiger partial charge in [-0.3, -0.25) is 24.6 Å². The molecule has 3 N–H and O–H groups in total. The molecule has 8 nitrogen and oxygen atoms in total. The molecule has 3 amide bonds. The van der Waals surface area contributed by atoms with E-state index in [1.54, 1.807) is 0 Å². The average Bonchev–Trinajstić information content (AvgIpc) is 3.20. The average molecular weight is 377 g/mol. The monoisotopic (exact) mass is 377 g/mol.